The smallest absolute Gasteiger partial charge is 0.350 e. The summed E-state index contributed by atoms with van der Waals surface area (Å²) in [7, 11) is -0.137. The zero-order valence-corrected chi connectivity index (χ0v) is 31.3. The highest BCUT2D eigenvalue weighted by atomic mass is 16.6. The molecule has 0 unspecified atom stereocenters. The Morgan fingerprint density at radius 3 is 2.42 bits per heavy atom. The maximum Gasteiger partial charge on any atom is 0.350 e. The number of nitrogens with zero attached hydrogens (tertiary/aromatic N) is 1. The van der Waals surface area contributed by atoms with Gasteiger partial charge < -0.3 is 39.6 Å². The largest absolute Gasteiger partial charge is 0.455 e. The molecule has 13 heteroatoms. The molecule has 2 bridgehead atoms. The summed E-state index contributed by atoms with van der Waals surface area (Å²) in [4.78, 5) is 55.9. The van der Waals surface area contributed by atoms with Gasteiger partial charge in [-0.1, -0.05) is 58.0 Å². The topological polar surface area (TPSA) is 172 Å². The maximum absolute atomic E-state index is 14.6. The average molecular weight is 723 g/mol. The number of hydrogen-bond acceptors (Lipinski definition) is 12. The molecule has 1 aromatic rings. The Balaban J connectivity index is 1.39. The van der Waals surface area contributed by atoms with E-state index in [1.165, 1.54) is 0 Å². The number of ketones is 1. The van der Waals surface area contributed by atoms with E-state index in [-0.39, 0.29) is 37.3 Å². The number of nitrogens with one attached hydrogen (secondary N) is 1. The van der Waals surface area contributed by atoms with Crippen LogP contribution in [0, 0.1) is 34.0 Å². The summed E-state index contributed by atoms with van der Waals surface area (Å²) in [6, 6.07) is 7.89. The van der Waals surface area contributed by atoms with Gasteiger partial charge in [-0.25, -0.2) is 4.79 Å². The molecule has 1 aliphatic heterocycles. The molecule has 3 saturated carbocycles. The lowest BCUT2D eigenvalue weighted by Crippen LogP contribution is -2.72. The van der Waals surface area contributed by atoms with Crippen LogP contribution in [-0.2, 0) is 33.4 Å². The second-order valence-corrected chi connectivity index (χ2v) is 16.8. The summed E-state index contributed by atoms with van der Waals surface area (Å²) < 4.78 is 17.6. The molecule has 0 spiro atoms. The monoisotopic (exact) mass is 722 g/mol. The van der Waals surface area contributed by atoms with E-state index in [0.717, 1.165) is 12.8 Å². The molecule has 0 radical (unpaired) electrons. The Hall–Kier alpha value is -2.94. The number of benzene rings is 1. The molecular weight excluding hydrogens is 667 g/mol. The summed E-state index contributed by atoms with van der Waals surface area (Å²) in [6.45, 7) is 13.0. The summed E-state index contributed by atoms with van der Waals surface area (Å²) in [6.07, 6.45) is -2.44. The van der Waals surface area contributed by atoms with Crippen molar-refractivity contribution in [1.29, 1.82) is 0 Å². The molecule has 1 aromatic carbocycles. The Morgan fingerprint density at radius 2 is 1.81 bits per heavy atom. The molecule has 4 fully saturated rings. The summed E-state index contributed by atoms with van der Waals surface area (Å²) in [5, 5.41) is 39.8. The minimum atomic E-state index is -1.66. The van der Waals surface area contributed by atoms with Crippen LogP contribution in [0.2, 0.25) is 0 Å². The van der Waals surface area contributed by atoms with Gasteiger partial charge in [0, 0.05) is 24.9 Å². The molecule has 6 rings (SSSR count). The van der Waals surface area contributed by atoms with Crippen LogP contribution >= 0.6 is 0 Å². The van der Waals surface area contributed by atoms with Crippen molar-refractivity contribution >= 4 is 31.3 Å². The van der Waals surface area contributed by atoms with E-state index in [9.17, 15) is 34.5 Å². The van der Waals surface area contributed by atoms with Crippen LogP contribution in [0.5, 0.6) is 0 Å². The lowest BCUT2D eigenvalue weighted by molar-refractivity contribution is -0.246. The normalized spacial score (nSPS) is 38.3. The van der Waals surface area contributed by atoms with E-state index in [1.54, 1.807) is 44.2 Å². The van der Waals surface area contributed by atoms with Crippen LogP contribution in [0.3, 0.4) is 0 Å². The lowest BCUT2D eigenvalue weighted by Gasteiger charge is -2.69. The maximum atomic E-state index is 14.6. The van der Waals surface area contributed by atoms with Crippen LogP contribution in [0.25, 0.3) is 0 Å². The number of Topliss-reactive ketones (excluding diaryl/α,β-unsaturated/α-hetero) is 1. The number of fused-ring (bicyclic) bond motifs is 5. The van der Waals surface area contributed by atoms with E-state index >= 15 is 0 Å². The van der Waals surface area contributed by atoms with Crippen molar-refractivity contribution in [1.82, 2.24) is 10.1 Å². The first-order chi connectivity index (χ1) is 24.5. The molecule has 12 nitrogen and oxygen atoms in total. The molecule has 0 aromatic heterocycles. The first-order valence-electron chi connectivity index (χ1n) is 18.8. The molecular formula is C39H55BN2O10. The second kappa shape index (κ2) is 14.4. The van der Waals surface area contributed by atoms with Crippen molar-refractivity contribution in [2.75, 3.05) is 32.8 Å². The van der Waals surface area contributed by atoms with E-state index in [1.807, 2.05) is 25.7 Å². The van der Waals surface area contributed by atoms with Gasteiger partial charge >= 0.3 is 11.9 Å². The van der Waals surface area contributed by atoms with Crippen LogP contribution in [0.15, 0.2) is 41.5 Å². The SMILES string of the molecule is CC1=C2[C@@H](O)C(=O)[C@@]3(C)[C@H]([C@H](C)[C@](O)(C[C@@H]1OC(=O)[C@H](OC(=O)CN1CCOCC1)[C@@H](NBC=O)c1ccccc1)C2(C)C)[C@]1(C)CC[C@@H]1C[C@@H]3O. The van der Waals surface area contributed by atoms with Crippen LogP contribution in [0.4, 0.5) is 0 Å². The highest BCUT2D eigenvalue weighted by Gasteiger charge is 2.72. The first-order valence-corrected chi connectivity index (χ1v) is 18.8. The molecule has 0 amide bonds. The zero-order valence-electron chi connectivity index (χ0n) is 31.3. The van der Waals surface area contributed by atoms with Crippen molar-refractivity contribution in [3.05, 3.63) is 47.0 Å². The zero-order chi connectivity index (χ0) is 37.8. The molecule has 1 saturated heterocycles. The summed E-state index contributed by atoms with van der Waals surface area (Å²) in [5.74, 6) is -2.89. The first kappa shape index (κ1) is 38.8. The number of carbonyl (C=O) groups excluding carboxylic acids is 4. The Kier molecular flexibility index (Phi) is 10.7. The number of hydrogen-bond donors (Lipinski definition) is 4. The van der Waals surface area contributed by atoms with Crippen molar-refractivity contribution < 1.29 is 48.7 Å². The minimum Gasteiger partial charge on any atom is -0.455 e. The van der Waals surface area contributed by atoms with Gasteiger partial charge in [0.05, 0.1) is 49.1 Å². The number of morpholine rings is 1. The highest BCUT2D eigenvalue weighted by molar-refractivity contribution is 6.64. The molecule has 52 heavy (non-hydrogen) atoms. The van der Waals surface area contributed by atoms with Gasteiger partial charge in [0.15, 0.2) is 5.78 Å². The number of esters is 2. The van der Waals surface area contributed by atoms with E-state index in [0.29, 0.717) is 50.0 Å². The van der Waals surface area contributed by atoms with Crippen molar-refractivity contribution in [3.63, 3.8) is 0 Å². The van der Waals surface area contributed by atoms with E-state index in [4.69, 9.17) is 14.2 Å². The van der Waals surface area contributed by atoms with Gasteiger partial charge in [0.25, 0.3) is 7.41 Å². The van der Waals surface area contributed by atoms with Gasteiger partial charge in [-0.05, 0) is 73.0 Å². The van der Waals surface area contributed by atoms with Crippen molar-refractivity contribution in [3.8, 4) is 0 Å². The fourth-order valence-electron chi connectivity index (χ4n) is 11.0. The number of aliphatic hydroxyl groups excluding tert-OH is 2. The van der Waals surface area contributed by atoms with E-state index < -0.39 is 76.4 Å². The van der Waals surface area contributed by atoms with Crippen LogP contribution < -0.4 is 5.23 Å². The highest BCUT2D eigenvalue weighted by Crippen LogP contribution is 2.70. The average Bonchev–Trinajstić information content (AvgIpc) is 3.11. The third-order valence-corrected chi connectivity index (χ3v) is 14.1. The standard InChI is InChI=1S/C39H55BN2O10/c1-22-26(51-35(48)32(52-28(45)20-42-14-16-50-17-15-42)30(41-40-21-43)24-10-8-7-9-11-24)19-39(49)23(2)33-37(5)13-12-25(37)18-27(44)38(33,6)34(47)31(46)29(22)36(39,3)4/h7-11,21,23,25-27,30-33,40-41,44,46,49H,12-20H2,1-6H3/t23-,25+,26-,27-,30-,31+,32+,33+,37+,38+,39+/m0/s1. The molecule has 284 valence electrons. The van der Waals surface area contributed by atoms with Gasteiger partial charge in [0.2, 0.25) is 6.10 Å². The fraction of sp³-hybridized carbons (Fsp3) is 0.692. The predicted octanol–water partition coefficient (Wildman–Crippen LogP) is 1.88. The molecule has 11 atom stereocenters. The van der Waals surface area contributed by atoms with Gasteiger partial charge in [0.1, 0.15) is 12.2 Å². The lowest BCUT2D eigenvalue weighted by atomic mass is 9.36. The molecule has 1 heterocycles. The molecule has 5 aliphatic rings. The number of aliphatic hydroxyl groups is 3. The van der Waals surface area contributed by atoms with Crippen molar-refractivity contribution in [2.24, 2.45) is 34.0 Å². The van der Waals surface area contributed by atoms with Gasteiger partial charge in [-0.15, -0.1) is 0 Å². The quantitative estimate of drug-likeness (QED) is 0.120. The Bertz CT molecular complexity index is 1580. The van der Waals surface area contributed by atoms with Crippen molar-refractivity contribution in [2.45, 2.75) is 103 Å². The molecule has 4 aliphatic carbocycles. The van der Waals surface area contributed by atoms with Gasteiger partial charge in [-0.3, -0.25) is 14.5 Å². The predicted molar refractivity (Wildman–Crippen MR) is 193 cm³/mol. The fourth-order valence-corrected chi connectivity index (χ4v) is 11.0. The van der Waals surface area contributed by atoms with Gasteiger partial charge in [-0.2, -0.15) is 0 Å². The van der Waals surface area contributed by atoms with E-state index in [2.05, 4.69) is 12.2 Å². The van der Waals surface area contributed by atoms with Crippen LogP contribution in [0.1, 0.15) is 78.8 Å². The minimum absolute atomic E-state index is 0.0429. The third kappa shape index (κ3) is 6.19. The summed E-state index contributed by atoms with van der Waals surface area (Å²) >= 11 is 0. The Morgan fingerprint density at radius 1 is 1.13 bits per heavy atom. The number of rotatable bonds is 10. The molecule has 4 N–H and O–H groups in total. The number of ether oxygens (including phenoxy) is 3. The second-order valence-electron chi connectivity index (χ2n) is 16.8. The van der Waals surface area contributed by atoms with Crippen LogP contribution in [-0.4, -0.2) is 114 Å². The third-order valence-electron chi connectivity index (χ3n) is 14.1. The summed E-state index contributed by atoms with van der Waals surface area (Å²) in [5.41, 5.74) is -3.08. The number of carbonyl (C=O) groups is 4. The Labute approximate surface area is 306 Å².